The van der Waals surface area contributed by atoms with Crippen molar-refractivity contribution < 1.29 is 0 Å². The summed E-state index contributed by atoms with van der Waals surface area (Å²) in [6, 6.07) is 12.7. The van der Waals surface area contributed by atoms with Gasteiger partial charge in [0.15, 0.2) is 0 Å². The fourth-order valence-electron chi connectivity index (χ4n) is 1.73. The van der Waals surface area contributed by atoms with Crippen LogP contribution in [0, 0.1) is 6.92 Å². The zero-order valence-electron chi connectivity index (χ0n) is 7.75. The van der Waals surface area contributed by atoms with E-state index in [4.69, 9.17) is 0 Å². The van der Waals surface area contributed by atoms with E-state index < -0.39 is 0 Å². The number of aryl methyl sites for hydroxylation is 1. The fourth-order valence-corrected chi connectivity index (χ4v) is 1.73. The molecule has 0 nitrogen and oxygen atoms in total. The van der Waals surface area contributed by atoms with Crippen molar-refractivity contribution in [1.29, 1.82) is 0 Å². The molecule has 0 atom stereocenters. The van der Waals surface area contributed by atoms with Crippen molar-refractivity contribution in [3.05, 3.63) is 54.1 Å². The zero-order chi connectivity index (χ0) is 9.26. The van der Waals surface area contributed by atoms with Crippen molar-refractivity contribution in [3.8, 4) is 0 Å². The Labute approximate surface area is 78.5 Å². The predicted molar refractivity (Wildman–Crippen MR) is 58.8 cm³/mol. The minimum absolute atomic E-state index is 1.22. The molecule has 2 aromatic carbocycles. The third-order valence-corrected chi connectivity index (χ3v) is 2.37. The standard InChI is InChI=1S/C13H12/c1-3-11-7-5-9-12-8-4-6-10(2)13(11)12/h3-9H,1H2,2H3. The van der Waals surface area contributed by atoms with E-state index in [0.717, 1.165) is 0 Å². The Morgan fingerprint density at radius 2 is 1.77 bits per heavy atom. The topological polar surface area (TPSA) is 0 Å². The molecule has 0 bridgehead atoms. The summed E-state index contributed by atoms with van der Waals surface area (Å²) in [7, 11) is 0. The van der Waals surface area contributed by atoms with Gasteiger partial charge in [0.05, 0.1) is 0 Å². The number of hydrogen-bond acceptors (Lipinski definition) is 0. The van der Waals surface area contributed by atoms with Gasteiger partial charge in [0.1, 0.15) is 0 Å². The highest BCUT2D eigenvalue weighted by atomic mass is 14.0. The van der Waals surface area contributed by atoms with Gasteiger partial charge in [0.2, 0.25) is 0 Å². The molecule has 13 heavy (non-hydrogen) atoms. The van der Waals surface area contributed by atoms with Crippen LogP contribution in [0.1, 0.15) is 11.1 Å². The highest BCUT2D eigenvalue weighted by Gasteiger charge is 1.99. The summed E-state index contributed by atoms with van der Waals surface area (Å²) in [5.74, 6) is 0. The van der Waals surface area contributed by atoms with Gasteiger partial charge in [0.25, 0.3) is 0 Å². The highest BCUT2D eigenvalue weighted by molar-refractivity contribution is 5.92. The van der Waals surface area contributed by atoms with E-state index in [9.17, 15) is 0 Å². The van der Waals surface area contributed by atoms with Gasteiger partial charge in [-0.3, -0.25) is 0 Å². The first-order chi connectivity index (χ1) is 6.33. The molecular weight excluding hydrogens is 156 g/mol. The Bertz CT molecular complexity index is 447. The minimum Gasteiger partial charge on any atom is -0.0984 e. The van der Waals surface area contributed by atoms with Crippen molar-refractivity contribution in [2.45, 2.75) is 6.92 Å². The molecule has 0 unspecified atom stereocenters. The molecule has 64 valence electrons. The van der Waals surface area contributed by atoms with Crippen LogP contribution in [-0.2, 0) is 0 Å². The van der Waals surface area contributed by atoms with E-state index in [1.165, 1.54) is 21.9 Å². The first kappa shape index (κ1) is 8.06. The molecule has 0 heterocycles. The average Bonchev–Trinajstić information content (AvgIpc) is 2.17. The molecule has 0 aliphatic carbocycles. The normalized spacial score (nSPS) is 10.2. The number of fused-ring (bicyclic) bond motifs is 1. The molecular formula is C13H12. The molecule has 0 aliphatic rings. The maximum atomic E-state index is 3.82. The Morgan fingerprint density at radius 3 is 2.46 bits per heavy atom. The van der Waals surface area contributed by atoms with Crippen LogP contribution in [0.25, 0.3) is 16.8 Å². The summed E-state index contributed by atoms with van der Waals surface area (Å²) >= 11 is 0. The lowest BCUT2D eigenvalue weighted by atomic mass is 10.0. The molecule has 0 amide bonds. The third-order valence-electron chi connectivity index (χ3n) is 2.37. The van der Waals surface area contributed by atoms with Gasteiger partial charge in [-0.1, -0.05) is 49.1 Å². The SMILES string of the molecule is C=Cc1cccc2cccc(C)c12. The van der Waals surface area contributed by atoms with Crippen LogP contribution in [0.4, 0.5) is 0 Å². The quantitative estimate of drug-likeness (QED) is 0.607. The van der Waals surface area contributed by atoms with Gasteiger partial charge in [0, 0.05) is 0 Å². The van der Waals surface area contributed by atoms with E-state index >= 15 is 0 Å². The molecule has 2 aromatic rings. The molecule has 0 saturated heterocycles. The predicted octanol–water partition coefficient (Wildman–Crippen LogP) is 3.79. The number of benzene rings is 2. The minimum atomic E-state index is 1.22. The van der Waals surface area contributed by atoms with E-state index in [2.05, 4.69) is 49.9 Å². The summed E-state index contributed by atoms with van der Waals surface area (Å²) in [5.41, 5.74) is 2.53. The van der Waals surface area contributed by atoms with Crippen LogP contribution < -0.4 is 0 Å². The summed E-state index contributed by atoms with van der Waals surface area (Å²) in [6.07, 6.45) is 1.91. The molecule has 0 saturated carbocycles. The van der Waals surface area contributed by atoms with Crippen LogP contribution in [0.2, 0.25) is 0 Å². The van der Waals surface area contributed by atoms with Gasteiger partial charge in [-0.15, -0.1) is 0 Å². The first-order valence-corrected chi connectivity index (χ1v) is 4.43. The van der Waals surface area contributed by atoms with E-state index in [-0.39, 0.29) is 0 Å². The average molecular weight is 168 g/mol. The summed E-state index contributed by atoms with van der Waals surface area (Å²) < 4.78 is 0. The fraction of sp³-hybridized carbons (Fsp3) is 0.0769. The highest BCUT2D eigenvalue weighted by Crippen LogP contribution is 2.22. The Morgan fingerprint density at radius 1 is 1.08 bits per heavy atom. The van der Waals surface area contributed by atoms with Crippen molar-refractivity contribution in [1.82, 2.24) is 0 Å². The number of hydrogen-bond donors (Lipinski definition) is 0. The Balaban J connectivity index is 2.94. The van der Waals surface area contributed by atoms with Gasteiger partial charge in [-0.2, -0.15) is 0 Å². The van der Waals surface area contributed by atoms with Crippen LogP contribution in [0.15, 0.2) is 43.0 Å². The third kappa shape index (κ3) is 1.25. The molecule has 0 radical (unpaired) electrons. The lowest BCUT2D eigenvalue weighted by Gasteiger charge is -2.04. The smallest absolute Gasteiger partial charge is 0.00824 e. The zero-order valence-corrected chi connectivity index (χ0v) is 7.75. The lowest BCUT2D eigenvalue weighted by molar-refractivity contribution is 1.52. The Hall–Kier alpha value is -1.56. The number of rotatable bonds is 1. The monoisotopic (exact) mass is 168 g/mol. The maximum absolute atomic E-state index is 3.82. The second-order valence-electron chi connectivity index (χ2n) is 3.22. The van der Waals surface area contributed by atoms with Gasteiger partial charge < -0.3 is 0 Å². The summed E-state index contributed by atoms with van der Waals surface area (Å²) in [5, 5.41) is 2.61. The van der Waals surface area contributed by atoms with Gasteiger partial charge in [-0.25, -0.2) is 0 Å². The van der Waals surface area contributed by atoms with Crippen molar-refractivity contribution in [2.75, 3.05) is 0 Å². The van der Waals surface area contributed by atoms with E-state index in [0.29, 0.717) is 0 Å². The molecule has 0 fully saturated rings. The van der Waals surface area contributed by atoms with Crippen molar-refractivity contribution in [3.63, 3.8) is 0 Å². The maximum Gasteiger partial charge on any atom is -0.00824 e. The molecule has 0 spiro atoms. The molecule has 2 rings (SSSR count). The van der Waals surface area contributed by atoms with Crippen LogP contribution in [0.5, 0.6) is 0 Å². The van der Waals surface area contributed by atoms with Crippen molar-refractivity contribution in [2.24, 2.45) is 0 Å². The van der Waals surface area contributed by atoms with E-state index in [1.807, 2.05) is 6.08 Å². The second kappa shape index (κ2) is 3.06. The van der Waals surface area contributed by atoms with Crippen molar-refractivity contribution >= 4 is 16.8 Å². The molecule has 0 aliphatic heterocycles. The molecule has 0 aromatic heterocycles. The molecule has 0 heteroatoms. The molecule has 0 N–H and O–H groups in total. The largest absolute Gasteiger partial charge is 0.0984 e. The van der Waals surface area contributed by atoms with Crippen LogP contribution >= 0.6 is 0 Å². The lowest BCUT2D eigenvalue weighted by Crippen LogP contribution is -1.81. The summed E-state index contributed by atoms with van der Waals surface area (Å²) in [6.45, 7) is 5.96. The van der Waals surface area contributed by atoms with Crippen LogP contribution in [-0.4, -0.2) is 0 Å². The van der Waals surface area contributed by atoms with Crippen LogP contribution in [0.3, 0.4) is 0 Å². The van der Waals surface area contributed by atoms with Gasteiger partial charge in [-0.05, 0) is 28.8 Å². The van der Waals surface area contributed by atoms with E-state index in [1.54, 1.807) is 0 Å². The second-order valence-corrected chi connectivity index (χ2v) is 3.22. The first-order valence-electron chi connectivity index (χ1n) is 4.43. The summed E-state index contributed by atoms with van der Waals surface area (Å²) in [4.78, 5) is 0. The van der Waals surface area contributed by atoms with Gasteiger partial charge >= 0.3 is 0 Å². The Kier molecular flexibility index (Phi) is 1.90.